The minimum atomic E-state index is -2.49. The van der Waals surface area contributed by atoms with Crippen molar-refractivity contribution in [1.29, 1.82) is 0 Å². The number of phenolic OH excluding ortho intramolecular Hbond substituents is 1. The average Bonchev–Trinajstić information content (AvgIpc) is 2.69. The summed E-state index contributed by atoms with van der Waals surface area (Å²) in [5, 5.41) is 44.0. The lowest BCUT2D eigenvalue weighted by molar-refractivity contribution is -0.144. The lowest BCUT2D eigenvalue weighted by Gasteiger charge is -2.46. The number of aromatic hydroxyl groups is 1. The summed E-state index contributed by atoms with van der Waals surface area (Å²) in [6.07, 6.45) is 0.249. The van der Waals surface area contributed by atoms with E-state index in [1.807, 2.05) is 33.8 Å². The zero-order valence-corrected chi connectivity index (χ0v) is 20.1. The number of Topliss-reactive ketones (excluding diaryl/α,β-unsaturated/α-hetero) is 3. The highest BCUT2D eigenvalue weighted by Crippen LogP contribution is 2.53. The Labute approximate surface area is 198 Å². The number of aliphatic hydroxyl groups excluding tert-OH is 2. The number of allylic oxidation sites excluding steroid dienone is 3. The van der Waals surface area contributed by atoms with Crippen LogP contribution in [0, 0.1) is 11.8 Å². The minimum absolute atomic E-state index is 0.0405. The first-order valence-electron chi connectivity index (χ1n) is 11.4. The second-order valence-electron chi connectivity index (χ2n) is 10.8. The van der Waals surface area contributed by atoms with Crippen LogP contribution >= 0.6 is 0 Å². The van der Waals surface area contributed by atoms with Gasteiger partial charge < -0.3 is 20.4 Å². The molecule has 0 amide bonds. The summed E-state index contributed by atoms with van der Waals surface area (Å²) >= 11 is 0. The number of benzene rings is 1. The maximum atomic E-state index is 13.8. The third-order valence-electron chi connectivity index (χ3n) is 7.44. The van der Waals surface area contributed by atoms with Crippen LogP contribution in [0.15, 0.2) is 35.3 Å². The normalized spacial score (nSPS) is 26.8. The molecule has 1 aromatic carbocycles. The number of rotatable bonds is 2. The van der Waals surface area contributed by atoms with E-state index in [1.165, 1.54) is 0 Å². The summed E-state index contributed by atoms with van der Waals surface area (Å²) < 4.78 is 0. The van der Waals surface area contributed by atoms with Gasteiger partial charge in [-0.25, -0.2) is 0 Å². The van der Waals surface area contributed by atoms with Gasteiger partial charge in [0, 0.05) is 23.5 Å². The van der Waals surface area contributed by atoms with Gasteiger partial charge in [-0.15, -0.1) is 0 Å². The Morgan fingerprint density at radius 3 is 2.26 bits per heavy atom. The van der Waals surface area contributed by atoms with Gasteiger partial charge in [-0.1, -0.05) is 32.9 Å². The van der Waals surface area contributed by atoms with Crippen LogP contribution in [0.25, 0.3) is 5.57 Å². The summed E-state index contributed by atoms with van der Waals surface area (Å²) in [6.45, 7) is 12.7. The quantitative estimate of drug-likeness (QED) is 0.484. The molecule has 3 atom stereocenters. The van der Waals surface area contributed by atoms with E-state index in [2.05, 4.69) is 6.58 Å². The van der Waals surface area contributed by atoms with Crippen molar-refractivity contribution in [1.82, 2.24) is 0 Å². The van der Waals surface area contributed by atoms with Gasteiger partial charge in [-0.2, -0.15) is 0 Å². The zero-order chi connectivity index (χ0) is 25.5. The maximum absolute atomic E-state index is 13.8. The standard InChI is InChI=1S/C27H30O7/c1-11(2)15-10-17(26(4,5)6)22(30)21-16(15)8-13-7-14-9-18(29)19(12(3)28)24(32)27(14,34)25(33)20(13)23(21)31/h10,13-14,29-30,33-34H,1,7-9H2,2-6H3/t13-,14+,27-/m0/s1. The molecule has 0 saturated carbocycles. The Morgan fingerprint density at radius 1 is 1.12 bits per heavy atom. The molecule has 7 nitrogen and oxygen atoms in total. The summed E-state index contributed by atoms with van der Waals surface area (Å²) in [6, 6.07) is 1.84. The van der Waals surface area contributed by atoms with Crippen LogP contribution in [0.4, 0.5) is 0 Å². The molecule has 3 aliphatic carbocycles. The molecule has 7 heteroatoms. The van der Waals surface area contributed by atoms with Gasteiger partial charge in [0.25, 0.3) is 0 Å². The van der Waals surface area contributed by atoms with Crippen LogP contribution in [-0.2, 0) is 21.4 Å². The number of phenols is 1. The first-order valence-corrected chi connectivity index (χ1v) is 11.4. The third kappa shape index (κ3) is 3.10. The first kappa shape index (κ1) is 24.0. The van der Waals surface area contributed by atoms with Crippen LogP contribution in [0.2, 0.25) is 0 Å². The first-order chi connectivity index (χ1) is 15.6. The van der Waals surface area contributed by atoms with Gasteiger partial charge in [0.05, 0.1) is 5.56 Å². The topological polar surface area (TPSA) is 132 Å². The van der Waals surface area contributed by atoms with Crippen LogP contribution in [-0.4, -0.2) is 43.4 Å². The molecule has 0 radical (unpaired) electrons. The SMILES string of the molecule is C=C(C)c1cc(C(C)(C)C)c(O)c2c1C[C@@H]1C[C@@H]3CC(O)=C(C(C)=O)C(=O)[C@]3(O)C(O)=C1C2=O. The van der Waals surface area contributed by atoms with Crippen molar-refractivity contribution in [3.8, 4) is 5.75 Å². The molecule has 0 aliphatic heterocycles. The molecule has 0 saturated heterocycles. The highest BCUT2D eigenvalue weighted by molar-refractivity contribution is 6.25. The van der Waals surface area contributed by atoms with E-state index < -0.39 is 57.3 Å². The van der Waals surface area contributed by atoms with Gasteiger partial charge in [-0.05, 0) is 55.2 Å². The van der Waals surface area contributed by atoms with E-state index in [0.717, 1.165) is 18.1 Å². The van der Waals surface area contributed by atoms with Gasteiger partial charge in [0.15, 0.2) is 17.2 Å². The van der Waals surface area contributed by atoms with Crippen molar-refractivity contribution in [2.24, 2.45) is 11.8 Å². The second kappa shape index (κ2) is 7.40. The lowest BCUT2D eigenvalue weighted by Crippen LogP contribution is -2.56. The Morgan fingerprint density at radius 2 is 1.74 bits per heavy atom. The van der Waals surface area contributed by atoms with Crippen LogP contribution in [0.1, 0.15) is 74.5 Å². The van der Waals surface area contributed by atoms with Crippen molar-refractivity contribution >= 4 is 22.9 Å². The van der Waals surface area contributed by atoms with E-state index in [9.17, 15) is 34.8 Å². The fraction of sp³-hybridized carbons (Fsp3) is 0.444. The molecular weight excluding hydrogens is 436 g/mol. The Hall–Kier alpha value is -3.19. The summed E-state index contributed by atoms with van der Waals surface area (Å²) in [4.78, 5) is 38.9. The molecule has 0 heterocycles. The highest BCUT2D eigenvalue weighted by atomic mass is 16.3. The molecular formula is C27H30O7. The number of fused-ring (bicyclic) bond motifs is 3. The molecule has 0 bridgehead atoms. The lowest BCUT2D eigenvalue weighted by atomic mass is 9.59. The van der Waals surface area contributed by atoms with Gasteiger partial charge in [0.1, 0.15) is 22.8 Å². The molecule has 3 aliphatic rings. The summed E-state index contributed by atoms with van der Waals surface area (Å²) in [7, 11) is 0. The van der Waals surface area contributed by atoms with Gasteiger partial charge in [-0.3, -0.25) is 14.4 Å². The fourth-order valence-electron chi connectivity index (χ4n) is 5.75. The zero-order valence-electron chi connectivity index (χ0n) is 20.1. The number of carbonyl (C=O) groups excluding carboxylic acids is 3. The van der Waals surface area contributed by atoms with Crippen molar-refractivity contribution in [3.05, 3.63) is 57.6 Å². The Balaban J connectivity index is 1.98. The van der Waals surface area contributed by atoms with E-state index in [0.29, 0.717) is 11.1 Å². The second-order valence-corrected chi connectivity index (χ2v) is 10.8. The highest BCUT2D eigenvalue weighted by Gasteiger charge is 2.59. The predicted octanol–water partition coefficient (Wildman–Crippen LogP) is 4.01. The third-order valence-corrected chi connectivity index (χ3v) is 7.44. The van der Waals surface area contributed by atoms with Crippen LogP contribution in [0.3, 0.4) is 0 Å². The monoisotopic (exact) mass is 466 g/mol. The van der Waals surface area contributed by atoms with Crippen molar-refractivity contribution in [2.45, 2.75) is 64.9 Å². The molecule has 0 fully saturated rings. The Kier molecular flexibility index (Phi) is 5.22. The number of hydrogen-bond acceptors (Lipinski definition) is 7. The van der Waals surface area contributed by atoms with Gasteiger partial charge in [0.2, 0.25) is 5.78 Å². The molecule has 180 valence electrons. The predicted molar refractivity (Wildman–Crippen MR) is 126 cm³/mol. The van der Waals surface area contributed by atoms with E-state index in [1.54, 1.807) is 0 Å². The van der Waals surface area contributed by atoms with Crippen molar-refractivity contribution in [2.75, 3.05) is 0 Å². The molecule has 0 spiro atoms. The summed E-state index contributed by atoms with van der Waals surface area (Å²) in [5.74, 6) is -5.33. The Bertz CT molecular complexity index is 1250. The smallest absolute Gasteiger partial charge is 0.209 e. The van der Waals surface area contributed by atoms with E-state index in [-0.39, 0.29) is 36.1 Å². The summed E-state index contributed by atoms with van der Waals surface area (Å²) in [5.41, 5.74) is -1.01. The average molecular weight is 467 g/mol. The molecule has 0 unspecified atom stereocenters. The van der Waals surface area contributed by atoms with Gasteiger partial charge >= 0.3 is 0 Å². The fourth-order valence-corrected chi connectivity index (χ4v) is 5.75. The molecule has 34 heavy (non-hydrogen) atoms. The minimum Gasteiger partial charge on any atom is -0.511 e. The van der Waals surface area contributed by atoms with Crippen molar-refractivity contribution < 1.29 is 34.8 Å². The maximum Gasteiger partial charge on any atom is 0.209 e. The van der Waals surface area contributed by atoms with Crippen molar-refractivity contribution in [3.63, 3.8) is 0 Å². The molecule has 1 aromatic rings. The number of aliphatic hydroxyl groups is 3. The molecule has 0 aromatic heterocycles. The number of hydrogen-bond donors (Lipinski definition) is 4. The number of ketones is 3. The largest absolute Gasteiger partial charge is 0.511 e. The number of carbonyl (C=O) groups is 3. The molecule has 4 N–H and O–H groups in total. The van der Waals surface area contributed by atoms with E-state index >= 15 is 0 Å². The van der Waals surface area contributed by atoms with E-state index in [4.69, 9.17) is 0 Å². The van der Waals surface area contributed by atoms with Crippen LogP contribution in [0.5, 0.6) is 5.75 Å². The van der Waals surface area contributed by atoms with Crippen LogP contribution < -0.4 is 0 Å². The molecule has 4 rings (SSSR count).